The van der Waals surface area contributed by atoms with Gasteiger partial charge in [-0.15, -0.1) is 0 Å². The molecule has 0 aromatic carbocycles. The summed E-state index contributed by atoms with van der Waals surface area (Å²) in [6.45, 7) is 0.0674. The van der Waals surface area contributed by atoms with Crippen LogP contribution in [0.25, 0.3) is 0 Å². The van der Waals surface area contributed by atoms with E-state index >= 15 is 0 Å². The summed E-state index contributed by atoms with van der Waals surface area (Å²) >= 11 is 0. The van der Waals surface area contributed by atoms with E-state index in [1.54, 1.807) is 0 Å². The predicted octanol–water partition coefficient (Wildman–Crippen LogP) is 1.65. The molecular weight excluding hydrogens is 223 g/mol. The molecule has 1 rings (SSSR count). The number of aliphatic hydroxyl groups is 1. The monoisotopic (exact) mass is 235 g/mol. The Morgan fingerprint density at radius 1 is 1.50 bits per heavy atom. The van der Waals surface area contributed by atoms with E-state index in [4.69, 9.17) is 0 Å². The van der Waals surface area contributed by atoms with E-state index in [9.17, 15) is 18.3 Å². The van der Waals surface area contributed by atoms with E-state index < -0.39 is 17.8 Å². The molecule has 90 valence electrons. The molecule has 0 aliphatic rings. The molecule has 3 nitrogen and oxygen atoms in total. The predicted molar refractivity (Wildman–Crippen MR) is 50.8 cm³/mol. The van der Waals surface area contributed by atoms with E-state index in [1.807, 2.05) is 0 Å². The molecular formula is C10H12F3NO2. The molecule has 16 heavy (non-hydrogen) atoms. The summed E-state index contributed by atoms with van der Waals surface area (Å²) in [6.07, 6.45) is -4.11. The average Bonchev–Trinajstić information content (AvgIpc) is 2.17. The van der Waals surface area contributed by atoms with Crippen molar-refractivity contribution in [2.45, 2.75) is 18.7 Å². The van der Waals surface area contributed by atoms with Gasteiger partial charge in [0.1, 0.15) is 0 Å². The highest BCUT2D eigenvalue weighted by Gasteiger charge is 2.30. The van der Waals surface area contributed by atoms with Crippen LogP contribution in [0.4, 0.5) is 13.2 Å². The second-order valence-electron chi connectivity index (χ2n) is 3.35. The highest BCUT2D eigenvalue weighted by atomic mass is 19.4. The maximum absolute atomic E-state index is 12.3. The minimum atomic E-state index is -4.39. The lowest BCUT2D eigenvalue weighted by atomic mass is 10.1. The first-order valence-electron chi connectivity index (χ1n) is 4.62. The molecule has 0 aliphatic carbocycles. The highest BCUT2D eigenvalue weighted by molar-refractivity contribution is 5.19. The van der Waals surface area contributed by atoms with Crippen LogP contribution < -0.4 is 0 Å². The van der Waals surface area contributed by atoms with E-state index in [2.05, 4.69) is 9.72 Å². The summed E-state index contributed by atoms with van der Waals surface area (Å²) in [7, 11) is 1.41. The van der Waals surface area contributed by atoms with Gasteiger partial charge in [-0.05, 0) is 12.1 Å². The Morgan fingerprint density at radius 3 is 2.75 bits per heavy atom. The van der Waals surface area contributed by atoms with E-state index in [0.717, 1.165) is 18.3 Å². The topological polar surface area (TPSA) is 42.4 Å². The van der Waals surface area contributed by atoms with Gasteiger partial charge in [0.2, 0.25) is 0 Å². The number of alkyl halides is 3. The Balaban J connectivity index is 2.75. The molecule has 6 heteroatoms. The Bertz CT molecular complexity index is 341. The summed E-state index contributed by atoms with van der Waals surface area (Å²) in [5.74, 6) is 0. The van der Waals surface area contributed by atoms with Gasteiger partial charge in [-0.2, -0.15) is 13.2 Å². The maximum Gasteiger partial charge on any atom is 0.416 e. The lowest BCUT2D eigenvalue weighted by Gasteiger charge is -2.11. The molecule has 0 saturated carbocycles. The van der Waals surface area contributed by atoms with Gasteiger partial charge in [-0.25, -0.2) is 0 Å². The second-order valence-corrected chi connectivity index (χ2v) is 3.35. The Morgan fingerprint density at radius 2 is 2.19 bits per heavy atom. The van der Waals surface area contributed by atoms with Gasteiger partial charge in [0.25, 0.3) is 0 Å². The fraction of sp³-hybridized carbons (Fsp3) is 0.500. The molecule has 0 amide bonds. The summed E-state index contributed by atoms with van der Waals surface area (Å²) < 4.78 is 41.7. The van der Waals surface area contributed by atoms with Gasteiger partial charge in [-0.1, -0.05) is 0 Å². The van der Waals surface area contributed by atoms with Gasteiger partial charge < -0.3 is 9.84 Å². The minimum absolute atomic E-state index is 0.0394. The van der Waals surface area contributed by atoms with Gasteiger partial charge in [0.15, 0.2) is 0 Å². The van der Waals surface area contributed by atoms with Crippen LogP contribution in [-0.4, -0.2) is 29.9 Å². The van der Waals surface area contributed by atoms with E-state index in [1.165, 1.54) is 7.11 Å². The van der Waals surface area contributed by atoms with Gasteiger partial charge in [-0.3, -0.25) is 4.98 Å². The molecule has 0 spiro atoms. The van der Waals surface area contributed by atoms with Crippen LogP contribution in [0.15, 0.2) is 18.3 Å². The van der Waals surface area contributed by atoms with Crippen molar-refractivity contribution in [3.63, 3.8) is 0 Å². The van der Waals surface area contributed by atoms with E-state index in [-0.39, 0.29) is 18.7 Å². The number of halogens is 3. The zero-order valence-corrected chi connectivity index (χ0v) is 8.66. The molecule has 0 aliphatic heterocycles. The standard InChI is InChI=1S/C10H12F3NO2/c1-16-6-9(15)5-8-4-7(2-3-14-8)10(11,12)13/h2-4,9,15H,5-6H2,1H3. The van der Waals surface area contributed by atoms with Crippen molar-refractivity contribution in [3.05, 3.63) is 29.6 Å². The number of pyridine rings is 1. The lowest BCUT2D eigenvalue weighted by Crippen LogP contribution is -2.18. The van der Waals surface area contributed by atoms with Crippen LogP contribution in [0.3, 0.4) is 0 Å². The van der Waals surface area contributed by atoms with Crippen LogP contribution in [-0.2, 0) is 17.3 Å². The van der Waals surface area contributed by atoms with Crippen LogP contribution in [0.5, 0.6) is 0 Å². The first-order valence-corrected chi connectivity index (χ1v) is 4.62. The van der Waals surface area contributed by atoms with Crippen LogP contribution in [0.1, 0.15) is 11.3 Å². The first kappa shape index (κ1) is 12.9. The summed E-state index contributed by atoms with van der Waals surface area (Å²) in [6, 6.07) is 1.82. The third kappa shape index (κ3) is 3.79. The fourth-order valence-corrected chi connectivity index (χ4v) is 1.26. The largest absolute Gasteiger partial charge is 0.416 e. The molecule has 1 aromatic heterocycles. The van der Waals surface area contributed by atoms with Crippen LogP contribution in [0, 0.1) is 0 Å². The maximum atomic E-state index is 12.3. The van der Waals surface area contributed by atoms with Crippen LogP contribution in [0.2, 0.25) is 0 Å². The quantitative estimate of drug-likeness (QED) is 0.862. The van der Waals surface area contributed by atoms with Gasteiger partial charge in [0.05, 0.1) is 18.3 Å². The van der Waals surface area contributed by atoms with Crippen molar-refractivity contribution >= 4 is 0 Å². The zero-order valence-electron chi connectivity index (χ0n) is 8.66. The lowest BCUT2D eigenvalue weighted by molar-refractivity contribution is -0.137. The normalized spacial score (nSPS) is 13.8. The Labute approximate surface area is 90.9 Å². The molecule has 0 fully saturated rings. The molecule has 0 radical (unpaired) electrons. The number of rotatable bonds is 4. The van der Waals surface area contributed by atoms with Crippen molar-refractivity contribution in [2.24, 2.45) is 0 Å². The third-order valence-corrected chi connectivity index (χ3v) is 1.95. The first-order chi connectivity index (χ1) is 7.43. The molecule has 0 saturated heterocycles. The zero-order chi connectivity index (χ0) is 12.2. The number of nitrogens with zero attached hydrogens (tertiary/aromatic N) is 1. The molecule has 1 heterocycles. The summed E-state index contributed by atoms with van der Waals surface area (Å²) in [5, 5.41) is 9.35. The molecule has 1 N–H and O–H groups in total. The third-order valence-electron chi connectivity index (χ3n) is 1.95. The summed E-state index contributed by atoms with van der Waals surface area (Å²) in [4.78, 5) is 3.76. The van der Waals surface area contributed by atoms with Gasteiger partial charge in [0, 0.05) is 25.4 Å². The molecule has 0 bridgehead atoms. The van der Waals surface area contributed by atoms with Crippen molar-refractivity contribution < 1.29 is 23.0 Å². The average molecular weight is 235 g/mol. The Kier molecular flexibility index (Phi) is 4.26. The SMILES string of the molecule is COCC(O)Cc1cc(C(F)(F)F)ccn1. The second kappa shape index (κ2) is 5.27. The van der Waals surface area contributed by atoms with Gasteiger partial charge >= 0.3 is 6.18 Å². The number of aromatic nitrogens is 1. The van der Waals surface area contributed by atoms with Crippen LogP contribution >= 0.6 is 0 Å². The number of aliphatic hydroxyl groups excluding tert-OH is 1. The number of methoxy groups -OCH3 is 1. The number of hydrogen-bond donors (Lipinski definition) is 1. The molecule has 1 atom stereocenters. The van der Waals surface area contributed by atoms with Crippen molar-refractivity contribution in [1.29, 1.82) is 0 Å². The highest BCUT2D eigenvalue weighted by Crippen LogP contribution is 2.29. The summed E-state index contributed by atoms with van der Waals surface area (Å²) in [5.41, 5.74) is -0.568. The van der Waals surface area contributed by atoms with Crippen molar-refractivity contribution in [3.8, 4) is 0 Å². The fourth-order valence-electron chi connectivity index (χ4n) is 1.26. The Hall–Kier alpha value is -1.14. The molecule has 1 unspecified atom stereocenters. The number of ether oxygens (including phenoxy) is 1. The number of hydrogen-bond acceptors (Lipinski definition) is 3. The van der Waals surface area contributed by atoms with E-state index in [0.29, 0.717) is 0 Å². The van der Waals surface area contributed by atoms with Crippen molar-refractivity contribution in [2.75, 3.05) is 13.7 Å². The van der Waals surface area contributed by atoms with Crippen molar-refractivity contribution in [1.82, 2.24) is 4.98 Å². The smallest absolute Gasteiger partial charge is 0.390 e. The molecule has 1 aromatic rings. The minimum Gasteiger partial charge on any atom is -0.390 e.